The van der Waals surface area contributed by atoms with Crippen LogP contribution >= 0.6 is 0 Å². The van der Waals surface area contributed by atoms with Crippen LogP contribution in [0.4, 0.5) is 0 Å². The number of benzene rings is 1. The summed E-state index contributed by atoms with van der Waals surface area (Å²) in [6.07, 6.45) is 15.8. The molecule has 7 fully saturated rings. The second-order valence-electron chi connectivity index (χ2n) is 13.0. The average molecular weight is 455 g/mol. The fourth-order valence-electron chi connectivity index (χ4n) is 11.0. The lowest BCUT2D eigenvalue weighted by atomic mass is 9.23. The molecule has 11 unspecified atom stereocenters. The van der Waals surface area contributed by atoms with E-state index in [2.05, 4.69) is 40.1 Å². The predicted octanol–water partition coefficient (Wildman–Crippen LogP) is 4.32. The van der Waals surface area contributed by atoms with Crippen molar-refractivity contribution in [3.8, 4) is 0 Å². The molecule has 1 aromatic rings. The van der Waals surface area contributed by atoms with Crippen LogP contribution in [0.25, 0.3) is 0 Å². The monoisotopic (exact) mass is 455 g/mol. The molecule has 1 aromatic carbocycles. The Balaban J connectivity index is 1.23. The van der Waals surface area contributed by atoms with Crippen LogP contribution < -0.4 is 5.46 Å². The lowest BCUT2D eigenvalue weighted by molar-refractivity contribution is -0.203. The number of fused-ring (bicyclic) bond motifs is 3. The van der Waals surface area contributed by atoms with E-state index in [1.807, 2.05) is 0 Å². The van der Waals surface area contributed by atoms with Crippen LogP contribution in [-0.2, 0) is 4.74 Å². The Hall–Kier alpha value is -1.49. The van der Waals surface area contributed by atoms with Gasteiger partial charge in [0.2, 0.25) is 0 Å². The van der Waals surface area contributed by atoms with Gasteiger partial charge in [0.15, 0.2) is 12.7 Å². The van der Waals surface area contributed by atoms with E-state index in [-0.39, 0.29) is 0 Å². The van der Waals surface area contributed by atoms with Crippen molar-refractivity contribution in [2.75, 3.05) is 0 Å². The highest BCUT2D eigenvalue weighted by Gasteiger charge is 2.68. The van der Waals surface area contributed by atoms with Crippen molar-refractivity contribution >= 4 is 18.1 Å². The van der Waals surface area contributed by atoms with Crippen LogP contribution in [0.15, 0.2) is 35.3 Å². The zero-order chi connectivity index (χ0) is 22.0. The van der Waals surface area contributed by atoms with Gasteiger partial charge < -0.3 is 14.5 Å². The minimum absolute atomic E-state index is 0.444. The Morgan fingerprint density at radius 2 is 1.59 bits per heavy atom. The molecule has 0 bridgehead atoms. The highest BCUT2D eigenvalue weighted by molar-refractivity contribution is 6.76. The van der Waals surface area contributed by atoms with Crippen LogP contribution in [0.1, 0.15) is 70.6 Å². The first-order valence-corrected chi connectivity index (χ1v) is 14.7. The van der Waals surface area contributed by atoms with Gasteiger partial charge in [0.1, 0.15) is 0 Å². The average Bonchev–Trinajstić information content (AvgIpc) is 3.29. The molecular weight excluding hydrogens is 417 g/mol. The molecular formula is C29H38BN3O. The maximum atomic E-state index is 7.01. The summed E-state index contributed by atoms with van der Waals surface area (Å²) >= 11 is 0. The summed E-state index contributed by atoms with van der Waals surface area (Å²) in [5.41, 5.74) is 1.63. The van der Waals surface area contributed by atoms with Crippen molar-refractivity contribution in [3.63, 3.8) is 0 Å². The lowest BCUT2D eigenvalue weighted by Crippen LogP contribution is -2.80. The van der Waals surface area contributed by atoms with Crippen LogP contribution in [0.3, 0.4) is 0 Å². The number of hydrogen-bond acceptors (Lipinski definition) is 4. The Kier molecular flexibility index (Phi) is 4.08. The Bertz CT molecular complexity index is 1020. The molecule has 34 heavy (non-hydrogen) atoms. The summed E-state index contributed by atoms with van der Waals surface area (Å²) < 4.78 is 7.01. The zero-order valence-electron chi connectivity index (χ0n) is 20.3. The lowest BCUT2D eigenvalue weighted by Gasteiger charge is -2.69. The van der Waals surface area contributed by atoms with E-state index in [0.717, 1.165) is 30.2 Å². The predicted molar refractivity (Wildman–Crippen MR) is 136 cm³/mol. The molecule has 4 saturated carbocycles. The minimum atomic E-state index is 0.444. The quantitative estimate of drug-likeness (QED) is 0.591. The highest BCUT2D eigenvalue weighted by Crippen LogP contribution is 2.62. The van der Waals surface area contributed by atoms with Crippen LogP contribution in [0.5, 0.6) is 0 Å². The Morgan fingerprint density at radius 1 is 0.735 bits per heavy atom. The summed E-state index contributed by atoms with van der Waals surface area (Å²) in [5.74, 6) is 4.70. The molecule has 0 N–H and O–H groups in total. The van der Waals surface area contributed by atoms with Crippen LogP contribution in [0, 0.1) is 11.8 Å². The smallest absolute Gasteiger partial charge is 0.198 e. The van der Waals surface area contributed by atoms with Crippen molar-refractivity contribution in [3.05, 3.63) is 30.3 Å². The summed E-state index contributed by atoms with van der Waals surface area (Å²) in [5, 5.41) is 0. The third kappa shape index (κ3) is 2.39. The second kappa shape index (κ2) is 7.05. The molecule has 4 nitrogen and oxygen atoms in total. The van der Waals surface area contributed by atoms with Crippen molar-refractivity contribution in [1.82, 2.24) is 9.80 Å². The molecule has 0 radical (unpaired) electrons. The van der Waals surface area contributed by atoms with Gasteiger partial charge in [0.05, 0.1) is 36.4 Å². The fraction of sp³-hybridized carbons (Fsp3) is 0.759. The largest absolute Gasteiger partial charge is 0.371 e. The van der Waals surface area contributed by atoms with Gasteiger partial charge in [-0.2, -0.15) is 0 Å². The van der Waals surface area contributed by atoms with E-state index in [9.17, 15) is 0 Å². The standard InChI is InChI=1S/C29H38BN3O/c1-2-7-18(8-3-1)30-19-9-6-10-21-26(19)33-27-20(30)15-13-17-14-16-24-28(25(17)27)32(29(33)31-21)22-11-4-5-12-23(22)34-24/h1-3,7-8,17,19-28H,4-6,9-16H2. The van der Waals surface area contributed by atoms with E-state index in [0.29, 0.717) is 42.4 Å². The number of ether oxygens (including phenoxy) is 1. The van der Waals surface area contributed by atoms with Crippen LogP contribution in [0.2, 0.25) is 11.6 Å². The zero-order valence-corrected chi connectivity index (χ0v) is 20.3. The first-order chi connectivity index (χ1) is 16.9. The van der Waals surface area contributed by atoms with E-state index in [1.165, 1.54) is 76.6 Å². The van der Waals surface area contributed by atoms with Gasteiger partial charge in [-0.15, -0.1) is 0 Å². The SMILES string of the molecule is c1ccc(B2C3CCCC4N=C5N6C7CCCCC7OC7CCC8CCC2C(C8C76)N5C43)cc1. The summed E-state index contributed by atoms with van der Waals surface area (Å²) in [7, 11) is 0. The van der Waals surface area contributed by atoms with Gasteiger partial charge in [-0.05, 0) is 49.7 Å². The molecule has 4 aliphatic heterocycles. The molecule has 11 atom stereocenters. The molecule has 178 valence electrons. The number of morpholine rings is 1. The van der Waals surface area contributed by atoms with E-state index < -0.39 is 0 Å². The third-order valence-corrected chi connectivity index (χ3v) is 11.9. The molecule has 8 aliphatic rings. The first-order valence-electron chi connectivity index (χ1n) is 14.7. The van der Waals surface area contributed by atoms with Crippen molar-refractivity contribution < 1.29 is 4.74 Å². The minimum Gasteiger partial charge on any atom is -0.371 e. The van der Waals surface area contributed by atoms with Gasteiger partial charge in [0.25, 0.3) is 0 Å². The molecule has 0 aromatic heterocycles. The first kappa shape index (κ1) is 19.7. The molecule has 0 amide bonds. The van der Waals surface area contributed by atoms with Crippen LogP contribution in [-0.4, -0.2) is 64.9 Å². The summed E-state index contributed by atoms with van der Waals surface area (Å²) in [4.78, 5) is 11.7. The topological polar surface area (TPSA) is 28.1 Å². The number of hydrogen-bond donors (Lipinski definition) is 0. The normalized spacial score (nSPS) is 49.8. The van der Waals surface area contributed by atoms with Gasteiger partial charge in [-0.1, -0.05) is 74.3 Å². The molecule has 4 aliphatic carbocycles. The van der Waals surface area contributed by atoms with E-state index >= 15 is 0 Å². The summed E-state index contributed by atoms with van der Waals surface area (Å²) in [6, 6.07) is 14.8. The van der Waals surface area contributed by atoms with E-state index in [4.69, 9.17) is 9.73 Å². The number of guanidine groups is 1. The molecule has 0 spiro atoms. The Morgan fingerprint density at radius 3 is 2.53 bits per heavy atom. The third-order valence-electron chi connectivity index (χ3n) is 11.9. The van der Waals surface area contributed by atoms with Crippen molar-refractivity contribution in [1.29, 1.82) is 0 Å². The van der Waals surface area contributed by atoms with Gasteiger partial charge in [-0.25, -0.2) is 4.99 Å². The molecule has 9 rings (SSSR count). The molecule has 5 heteroatoms. The van der Waals surface area contributed by atoms with Crippen molar-refractivity contribution in [2.24, 2.45) is 16.8 Å². The van der Waals surface area contributed by atoms with E-state index in [1.54, 1.807) is 5.46 Å². The molecule has 3 saturated heterocycles. The number of nitrogens with zero attached hydrogens (tertiary/aromatic N) is 3. The van der Waals surface area contributed by atoms with Crippen molar-refractivity contribution in [2.45, 2.75) is 125 Å². The van der Waals surface area contributed by atoms with Gasteiger partial charge in [0, 0.05) is 12.0 Å². The van der Waals surface area contributed by atoms with Gasteiger partial charge >= 0.3 is 0 Å². The number of aliphatic imine (C=N–C) groups is 1. The second-order valence-corrected chi connectivity index (χ2v) is 13.0. The highest BCUT2D eigenvalue weighted by atomic mass is 16.5. The Labute approximate surface area is 204 Å². The number of rotatable bonds is 1. The molecule has 4 heterocycles. The maximum Gasteiger partial charge on any atom is 0.198 e. The fourth-order valence-corrected chi connectivity index (χ4v) is 11.0. The van der Waals surface area contributed by atoms with Gasteiger partial charge in [-0.3, -0.25) is 0 Å². The maximum absolute atomic E-state index is 7.01. The summed E-state index contributed by atoms with van der Waals surface area (Å²) in [6.45, 7) is 0.726.